The second-order valence-corrected chi connectivity index (χ2v) is 7.78. The molecule has 2 aliphatic heterocycles. The van der Waals surface area contributed by atoms with E-state index in [0.717, 1.165) is 65.1 Å². The number of nitrogens with zero attached hydrogens (tertiary/aromatic N) is 2. The molecule has 5 rings (SSSR count). The summed E-state index contributed by atoms with van der Waals surface area (Å²) in [6, 6.07) is 18.5. The first kappa shape index (κ1) is 19.0. The maximum atomic E-state index is 6.46. The molecule has 0 atom stereocenters. The van der Waals surface area contributed by atoms with Crippen LogP contribution in [0.1, 0.15) is 16.7 Å². The van der Waals surface area contributed by atoms with Crippen LogP contribution in [0.4, 0.5) is 17.2 Å². The highest BCUT2D eigenvalue weighted by Crippen LogP contribution is 2.35. The van der Waals surface area contributed by atoms with E-state index in [0.29, 0.717) is 6.54 Å². The maximum absolute atomic E-state index is 6.46. The van der Waals surface area contributed by atoms with Gasteiger partial charge in [0.2, 0.25) is 0 Å². The van der Waals surface area contributed by atoms with Gasteiger partial charge in [-0.1, -0.05) is 29.8 Å². The molecule has 2 N–H and O–H groups in total. The van der Waals surface area contributed by atoms with Crippen molar-refractivity contribution in [3.63, 3.8) is 0 Å². The van der Waals surface area contributed by atoms with Gasteiger partial charge in [-0.15, -0.1) is 0 Å². The molecule has 2 aliphatic rings. The van der Waals surface area contributed by atoms with Crippen LogP contribution in [-0.4, -0.2) is 31.3 Å². The lowest BCUT2D eigenvalue weighted by atomic mass is 9.93. The van der Waals surface area contributed by atoms with Gasteiger partial charge in [0.25, 0.3) is 0 Å². The number of rotatable bonds is 4. The third kappa shape index (κ3) is 3.74. The molecule has 5 nitrogen and oxygen atoms in total. The average molecular weight is 419 g/mol. The maximum Gasteiger partial charge on any atom is 0.135 e. The van der Waals surface area contributed by atoms with E-state index in [9.17, 15) is 0 Å². The predicted molar refractivity (Wildman–Crippen MR) is 122 cm³/mol. The van der Waals surface area contributed by atoms with Gasteiger partial charge >= 0.3 is 0 Å². The molecule has 3 heterocycles. The Morgan fingerprint density at radius 1 is 0.967 bits per heavy atom. The van der Waals surface area contributed by atoms with Crippen LogP contribution in [-0.2, 0) is 11.3 Å². The van der Waals surface area contributed by atoms with E-state index in [1.54, 1.807) is 0 Å². The van der Waals surface area contributed by atoms with Crippen molar-refractivity contribution in [1.82, 2.24) is 10.3 Å². The number of anilines is 3. The quantitative estimate of drug-likeness (QED) is 0.636. The summed E-state index contributed by atoms with van der Waals surface area (Å²) in [5.74, 6) is 0.858. The van der Waals surface area contributed by atoms with Crippen LogP contribution in [0.25, 0.3) is 5.57 Å². The van der Waals surface area contributed by atoms with E-state index >= 15 is 0 Å². The highest BCUT2D eigenvalue weighted by molar-refractivity contribution is 6.32. The number of benzene rings is 2. The van der Waals surface area contributed by atoms with E-state index in [-0.39, 0.29) is 0 Å². The normalized spacial score (nSPS) is 15.8. The molecule has 0 radical (unpaired) electrons. The number of fused-ring (bicyclic) bond motifs is 1. The summed E-state index contributed by atoms with van der Waals surface area (Å²) in [4.78, 5) is 6.96. The largest absolute Gasteiger partial charge is 0.386 e. The molecule has 0 saturated carbocycles. The Labute approximate surface area is 181 Å². The van der Waals surface area contributed by atoms with Crippen LogP contribution >= 0.6 is 11.6 Å². The van der Waals surface area contributed by atoms with Crippen molar-refractivity contribution >= 4 is 34.4 Å². The van der Waals surface area contributed by atoms with Crippen molar-refractivity contribution in [1.29, 1.82) is 0 Å². The molecular formula is C24H23ClN4O. The lowest BCUT2D eigenvalue weighted by Crippen LogP contribution is -2.36. The molecule has 30 heavy (non-hydrogen) atoms. The second kappa shape index (κ2) is 8.38. The minimum Gasteiger partial charge on any atom is -0.386 e. The van der Waals surface area contributed by atoms with Crippen LogP contribution < -0.4 is 15.5 Å². The lowest BCUT2D eigenvalue weighted by molar-refractivity contribution is 0.122. The molecule has 0 bridgehead atoms. The molecule has 1 saturated heterocycles. The Bertz CT molecular complexity index is 1070. The molecular weight excluding hydrogens is 396 g/mol. The summed E-state index contributed by atoms with van der Waals surface area (Å²) in [7, 11) is 0. The summed E-state index contributed by atoms with van der Waals surface area (Å²) in [6.07, 6.45) is 3.88. The van der Waals surface area contributed by atoms with Crippen molar-refractivity contribution in [3.05, 3.63) is 88.7 Å². The SMILES string of the molecule is Clc1ccccc1C1=CNCc2c1ccnc2Nc1ccc(N2CCOCC2)cc1. The van der Waals surface area contributed by atoms with Gasteiger partial charge in [-0.3, -0.25) is 0 Å². The Morgan fingerprint density at radius 3 is 2.57 bits per heavy atom. The zero-order valence-corrected chi connectivity index (χ0v) is 17.3. The van der Waals surface area contributed by atoms with Crippen molar-refractivity contribution in [2.24, 2.45) is 0 Å². The van der Waals surface area contributed by atoms with Crippen LogP contribution in [0.15, 0.2) is 67.0 Å². The molecule has 6 heteroatoms. The van der Waals surface area contributed by atoms with Gasteiger partial charge in [0.05, 0.1) is 13.2 Å². The van der Waals surface area contributed by atoms with Crippen molar-refractivity contribution in [2.75, 3.05) is 36.5 Å². The standard InChI is InChI=1S/C24H23ClN4O/c25-23-4-2-1-3-20(23)21-15-26-16-22-19(21)9-10-27-24(22)28-17-5-7-18(8-6-17)29-11-13-30-14-12-29/h1-10,15,26H,11-14,16H2,(H,27,28). The van der Waals surface area contributed by atoms with Gasteiger partial charge in [-0.2, -0.15) is 0 Å². The first-order valence-corrected chi connectivity index (χ1v) is 10.5. The monoisotopic (exact) mass is 418 g/mol. The summed E-state index contributed by atoms with van der Waals surface area (Å²) in [5.41, 5.74) is 6.60. The van der Waals surface area contributed by atoms with Crippen molar-refractivity contribution < 1.29 is 4.74 Å². The number of hydrogen-bond acceptors (Lipinski definition) is 5. The number of pyridine rings is 1. The van der Waals surface area contributed by atoms with Gasteiger partial charge < -0.3 is 20.3 Å². The molecule has 0 amide bonds. The molecule has 0 aliphatic carbocycles. The number of aromatic nitrogens is 1. The summed E-state index contributed by atoms with van der Waals surface area (Å²) in [5, 5.41) is 7.61. The van der Waals surface area contributed by atoms with Gasteiger partial charge in [-0.05, 0) is 42.0 Å². The van der Waals surface area contributed by atoms with Crippen LogP contribution in [0, 0.1) is 0 Å². The molecule has 1 fully saturated rings. The Kier molecular flexibility index (Phi) is 5.30. The second-order valence-electron chi connectivity index (χ2n) is 7.38. The van der Waals surface area contributed by atoms with E-state index < -0.39 is 0 Å². The fourth-order valence-electron chi connectivity index (χ4n) is 3.98. The number of ether oxygens (including phenoxy) is 1. The van der Waals surface area contributed by atoms with Crippen LogP contribution in [0.3, 0.4) is 0 Å². The smallest absolute Gasteiger partial charge is 0.135 e. The number of hydrogen-bond donors (Lipinski definition) is 2. The lowest BCUT2D eigenvalue weighted by Gasteiger charge is -2.29. The average Bonchev–Trinajstić information content (AvgIpc) is 2.80. The molecule has 152 valence electrons. The third-order valence-electron chi connectivity index (χ3n) is 5.54. The van der Waals surface area contributed by atoms with Crippen molar-refractivity contribution in [3.8, 4) is 0 Å². The Hall–Kier alpha value is -3.02. The summed E-state index contributed by atoms with van der Waals surface area (Å²) < 4.78 is 5.44. The zero-order valence-electron chi connectivity index (χ0n) is 16.6. The molecule has 2 aromatic carbocycles. The zero-order chi connectivity index (χ0) is 20.3. The number of halogens is 1. The third-order valence-corrected chi connectivity index (χ3v) is 5.87. The topological polar surface area (TPSA) is 49.4 Å². The highest BCUT2D eigenvalue weighted by Gasteiger charge is 2.19. The predicted octanol–water partition coefficient (Wildman–Crippen LogP) is 4.81. The van der Waals surface area contributed by atoms with Gasteiger partial charge in [0, 0.05) is 65.1 Å². The summed E-state index contributed by atoms with van der Waals surface area (Å²) >= 11 is 6.46. The van der Waals surface area contributed by atoms with E-state index in [1.807, 2.05) is 36.7 Å². The van der Waals surface area contributed by atoms with Gasteiger partial charge in [-0.25, -0.2) is 4.98 Å². The number of morpholine rings is 1. The minimum atomic E-state index is 0.714. The van der Waals surface area contributed by atoms with E-state index in [1.165, 1.54) is 5.69 Å². The Balaban J connectivity index is 1.41. The Morgan fingerprint density at radius 2 is 1.77 bits per heavy atom. The first-order valence-electron chi connectivity index (χ1n) is 10.2. The fraction of sp³-hybridized carbons (Fsp3) is 0.208. The molecule has 3 aromatic rings. The van der Waals surface area contributed by atoms with Crippen LogP contribution in [0.5, 0.6) is 0 Å². The molecule has 0 unspecified atom stereocenters. The minimum absolute atomic E-state index is 0.714. The van der Waals surface area contributed by atoms with E-state index in [4.69, 9.17) is 16.3 Å². The number of nitrogens with one attached hydrogen (secondary N) is 2. The molecule has 1 aromatic heterocycles. The summed E-state index contributed by atoms with van der Waals surface area (Å²) in [6.45, 7) is 4.15. The first-order chi connectivity index (χ1) is 14.8. The highest BCUT2D eigenvalue weighted by atomic mass is 35.5. The van der Waals surface area contributed by atoms with Crippen molar-refractivity contribution in [2.45, 2.75) is 6.54 Å². The van der Waals surface area contributed by atoms with Gasteiger partial charge in [0.15, 0.2) is 0 Å². The van der Waals surface area contributed by atoms with Gasteiger partial charge in [0.1, 0.15) is 5.82 Å². The van der Waals surface area contributed by atoms with Crippen LogP contribution in [0.2, 0.25) is 5.02 Å². The fourth-order valence-corrected chi connectivity index (χ4v) is 4.22. The van der Waals surface area contributed by atoms with E-state index in [2.05, 4.69) is 50.8 Å². The molecule has 0 spiro atoms.